The van der Waals surface area contributed by atoms with Gasteiger partial charge >= 0.3 is 0 Å². The zero-order valence-electron chi connectivity index (χ0n) is 26.0. The van der Waals surface area contributed by atoms with Crippen LogP contribution in [0, 0.1) is 5.92 Å². The number of amides is 3. The number of carbonyl (C=O) groups excluding carboxylic acids is 3. The molecule has 8 nitrogen and oxygen atoms in total. The van der Waals surface area contributed by atoms with Gasteiger partial charge in [-0.3, -0.25) is 19.3 Å². The van der Waals surface area contributed by atoms with Crippen LogP contribution in [0.4, 0.5) is 21.2 Å². The van der Waals surface area contributed by atoms with E-state index in [1.807, 2.05) is 60.4 Å². The number of aliphatic hydroxyl groups excluding tert-OH is 1. The van der Waals surface area contributed by atoms with Gasteiger partial charge in [-0.2, -0.15) is 0 Å². The van der Waals surface area contributed by atoms with Crippen molar-refractivity contribution in [3.63, 3.8) is 0 Å². The second-order valence-electron chi connectivity index (χ2n) is 13.4. The highest BCUT2D eigenvalue weighted by Gasteiger charge is 2.67. The minimum absolute atomic E-state index is 0.0497. The van der Waals surface area contributed by atoms with Crippen LogP contribution in [0.1, 0.15) is 63.9 Å². The fourth-order valence-corrected chi connectivity index (χ4v) is 10.7. The van der Waals surface area contributed by atoms with Crippen molar-refractivity contribution in [1.29, 1.82) is 0 Å². The lowest BCUT2D eigenvalue weighted by Gasteiger charge is -2.32. The number of anilines is 3. The summed E-state index contributed by atoms with van der Waals surface area (Å²) in [6, 6.07) is 14.8. The molecule has 3 fully saturated rings. The first-order valence-corrected chi connectivity index (χ1v) is 19.1. The zero-order valence-corrected chi connectivity index (χ0v) is 27.0. The smallest absolute Gasteiger partial charge is 0.268 e. The highest BCUT2D eigenvalue weighted by atomic mass is 28.4. The van der Waals surface area contributed by atoms with E-state index < -0.39 is 31.6 Å². The molecule has 1 N–H and O–H groups in total. The summed E-state index contributed by atoms with van der Waals surface area (Å²) in [6.45, 7) is 6.19. The summed E-state index contributed by atoms with van der Waals surface area (Å²) in [5.41, 5.74) is 0.530. The number of benzene rings is 2. The van der Waals surface area contributed by atoms with Gasteiger partial charge in [-0.1, -0.05) is 38.0 Å². The molecule has 0 bridgehead atoms. The van der Waals surface area contributed by atoms with Crippen molar-refractivity contribution in [2.75, 3.05) is 29.5 Å². The summed E-state index contributed by atoms with van der Waals surface area (Å²) < 4.78 is 23.2. The number of likely N-dealkylation sites (tertiary alicyclic amines) is 1. The number of fused-ring (bicyclic) bond motifs is 2. The lowest BCUT2D eigenvalue weighted by molar-refractivity contribution is -0.149. The standard InChI is InChI=1S/C34H44FN3O5Si/c1-23-32(44(2,3)35)29(21-31(41)37-19-11-14-26(37)22-39)43-34(23)27-20-25(36-18-10-5-4-9-15-30(36)40)16-17-28(27)38(33(34)42)24-12-7-6-8-13-24/h6-8,12-13,16-17,20,23,26,29,32,39H,4-5,9-11,14-15,18-19,21-22H2,1-3H3/t23-,26-,29+,32-,34+/m0/s1. The van der Waals surface area contributed by atoms with Crippen molar-refractivity contribution in [3.8, 4) is 0 Å². The molecule has 2 aromatic rings. The third-order valence-electron chi connectivity index (χ3n) is 10.3. The molecule has 0 aromatic heterocycles. The Kier molecular flexibility index (Phi) is 8.45. The molecule has 0 aliphatic carbocycles. The number of carbonyl (C=O) groups is 3. The SMILES string of the molecule is C[C@H]1[C@H]([Si](C)(C)F)[C@@H](CC(=O)N2CCC[C@H]2CO)O[C@]12C(=O)N(c1ccccc1)c1ccc(N3CCCCCCC3=O)cc12. The summed E-state index contributed by atoms with van der Waals surface area (Å²) in [6.07, 6.45) is 5.02. The van der Waals surface area contributed by atoms with Gasteiger partial charge in [0.25, 0.3) is 5.91 Å². The molecule has 4 aliphatic heterocycles. The van der Waals surface area contributed by atoms with Crippen LogP contribution in [0.2, 0.25) is 18.6 Å². The van der Waals surface area contributed by atoms with Crippen LogP contribution in [0.5, 0.6) is 0 Å². The number of hydrogen-bond acceptors (Lipinski definition) is 5. The van der Waals surface area contributed by atoms with Gasteiger partial charge in [0.1, 0.15) is 0 Å². The van der Waals surface area contributed by atoms with Crippen molar-refractivity contribution in [2.45, 2.75) is 94.7 Å². The highest BCUT2D eigenvalue weighted by molar-refractivity contribution is 6.72. The minimum Gasteiger partial charge on any atom is -0.394 e. The van der Waals surface area contributed by atoms with Crippen LogP contribution in [0.25, 0.3) is 0 Å². The van der Waals surface area contributed by atoms with Gasteiger partial charge in [0.2, 0.25) is 20.2 Å². The first kappa shape index (κ1) is 30.9. The zero-order chi connectivity index (χ0) is 31.2. The van der Waals surface area contributed by atoms with Gasteiger partial charge in [-0.05, 0) is 69.1 Å². The molecule has 0 saturated carbocycles. The van der Waals surface area contributed by atoms with Crippen LogP contribution in [-0.2, 0) is 24.7 Å². The van der Waals surface area contributed by atoms with Gasteiger partial charge < -0.3 is 23.8 Å². The van der Waals surface area contributed by atoms with E-state index >= 15 is 4.11 Å². The molecule has 6 rings (SSSR count). The van der Waals surface area contributed by atoms with Crippen molar-refractivity contribution < 1.29 is 28.3 Å². The van der Waals surface area contributed by atoms with Crippen LogP contribution in [-0.4, -0.2) is 68.0 Å². The summed E-state index contributed by atoms with van der Waals surface area (Å²) >= 11 is 0. The second kappa shape index (κ2) is 12.0. The molecule has 0 radical (unpaired) electrons. The molecule has 5 atom stereocenters. The molecule has 0 unspecified atom stereocenters. The Morgan fingerprint density at radius 2 is 1.77 bits per heavy atom. The first-order chi connectivity index (χ1) is 21.1. The molecule has 3 amide bonds. The molecular weight excluding hydrogens is 577 g/mol. The molecular formula is C34H44FN3O5Si. The molecule has 44 heavy (non-hydrogen) atoms. The number of aliphatic hydroxyl groups is 1. The van der Waals surface area contributed by atoms with E-state index in [1.54, 1.807) is 22.9 Å². The average molecular weight is 622 g/mol. The largest absolute Gasteiger partial charge is 0.394 e. The maximum absolute atomic E-state index is 16.3. The summed E-state index contributed by atoms with van der Waals surface area (Å²) in [7, 11) is -3.48. The predicted octanol–water partition coefficient (Wildman–Crippen LogP) is 5.81. The third-order valence-corrected chi connectivity index (χ3v) is 12.7. The third kappa shape index (κ3) is 5.18. The number of rotatable bonds is 6. The van der Waals surface area contributed by atoms with E-state index in [9.17, 15) is 19.5 Å². The fourth-order valence-electron chi connectivity index (χ4n) is 8.24. The van der Waals surface area contributed by atoms with Gasteiger partial charge in [0.15, 0.2) is 5.60 Å². The Balaban J connectivity index is 1.45. The van der Waals surface area contributed by atoms with Crippen LogP contribution in [0.15, 0.2) is 48.5 Å². The Labute approximate surface area is 260 Å². The number of halogens is 1. The maximum atomic E-state index is 16.3. The van der Waals surface area contributed by atoms with E-state index in [0.717, 1.165) is 38.5 Å². The number of para-hydroxylation sites is 1. The lowest BCUT2D eigenvalue weighted by Crippen LogP contribution is -2.44. The first-order valence-electron chi connectivity index (χ1n) is 16.2. The normalized spacial score (nSPS) is 29.3. The maximum Gasteiger partial charge on any atom is 0.268 e. The fraction of sp³-hybridized carbons (Fsp3) is 0.559. The summed E-state index contributed by atoms with van der Waals surface area (Å²) in [4.78, 5) is 46.8. The molecule has 1 spiro atoms. The van der Waals surface area contributed by atoms with Gasteiger partial charge in [-0.25, -0.2) is 0 Å². The Morgan fingerprint density at radius 1 is 1.02 bits per heavy atom. The molecule has 3 saturated heterocycles. The van der Waals surface area contributed by atoms with E-state index in [4.69, 9.17) is 4.74 Å². The number of nitrogens with zero attached hydrogens (tertiary/aromatic N) is 3. The predicted molar refractivity (Wildman–Crippen MR) is 170 cm³/mol. The number of ether oxygens (including phenoxy) is 1. The Morgan fingerprint density at radius 3 is 2.50 bits per heavy atom. The van der Waals surface area contributed by atoms with Gasteiger partial charge in [0, 0.05) is 47.9 Å². The quantitative estimate of drug-likeness (QED) is 0.325. The van der Waals surface area contributed by atoms with Crippen LogP contribution >= 0.6 is 0 Å². The molecule has 2 aromatic carbocycles. The molecule has 4 aliphatic rings. The van der Waals surface area contributed by atoms with E-state index in [1.165, 1.54) is 0 Å². The monoisotopic (exact) mass is 621 g/mol. The average Bonchev–Trinajstić information content (AvgIpc) is 3.65. The highest BCUT2D eigenvalue weighted by Crippen LogP contribution is 2.61. The van der Waals surface area contributed by atoms with Crippen LogP contribution in [0.3, 0.4) is 0 Å². The summed E-state index contributed by atoms with van der Waals surface area (Å²) in [5, 5.41) is 9.85. The van der Waals surface area contributed by atoms with Gasteiger partial charge in [-0.15, -0.1) is 0 Å². The second-order valence-corrected chi connectivity index (χ2v) is 17.2. The van der Waals surface area contributed by atoms with Crippen molar-refractivity contribution in [3.05, 3.63) is 54.1 Å². The van der Waals surface area contributed by atoms with Crippen molar-refractivity contribution >= 4 is 43.2 Å². The lowest BCUT2D eigenvalue weighted by atomic mass is 9.82. The number of hydrogen-bond donors (Lipinski definition) is 1. The van der Waals surface area contributed by atoms with Gasteiger partial charge in [0.05, 0.1) is 30.9 Å². The van der Waals surface area contributed by atoms with Crippen molar-refractivity contribution in [2.24, 2.45) is 5.92 Å². The van der Waals surface area contributed by atoms with Crippen molar-refractivity contribution in [1.82, 2.24) is 4.90 Å². The van der Waals surface area contributed by atoms with Crippen LogP contribution < -0.4 is 9.80 Å². The summed E-state index contributed by atoms with van der Waals surface area (Å²) in [5.74, 6) is -0.969. The topological polar surface area (TPSA) is 90.4 Å². The van der Waals surface area contributed by atoms with E-state index in [-0.39, 0.29) is 36.8 Å². The Hall–Kier alpha value is -3.08. The molecule has 10 heteroatoms. The van der Waals surface area contributed by atoms with E-state index in [2.05, 4.69) is 0 Å². The van der Waals surface area contributed by atoms with E-state index in [0.29, 0.717) is 42.1 Å². The minimum atomic E-state index is -3.48. The Bertz CT molecular complexity index is 1420. The molecule has 236 valence electrons. The molecule has 4 heterocycles.